The summed E-state index contributed by atoms with van der Waals surface area (Å²) in [6.45, 7) is 6.96. The zero-order chi connectivity index (χ0) is 17.4. The highest BCUT2D eigenvalue weighted by atomic mass is 14.3. The van der Waals surface area contributed by atoms with Crippen LogP contribution in [0.4, 0.5) is 0 Å². The van der Waals surface area contributed by atoms with Crippen LogP contribution in [-0.4, -0.2) is 0 Å². The van der Waals surface area contributed by atoms with E-state index >= 15 is 0 Å². The predicted molar refractivity (Wildman–Crippen MR) is 109 cm³/mol. The molecule has 2 aliphatic carbocycles. The van der Waals surface area contributed by atoms with Crippen LogP contribution in [0.3, 0.4) is 0 Å². The lowest BCUT2D eigenvalue weighted by Crippen LogP contribution is -2.14. The van der Waals surface area contributed by atoms with E-state index in [-0.39, 0.29) is 0 Å². The summed E-state index contributed by atoms with van der Waals surface area (Å²) in [7, 11) is 0. The monoisotopic (exact) mass is 330 g/mol. The van der Waals surface area contributed by atoms with Gasteiger partial charge >= 0.3 is 0 Å². The molecule has 0 amide bonds. The first-order valence-corrected chi connectivity index (χ1v) is 10.0. The van der Waals surface area contributed by atoms with Crippen molar-refractivity contribution in [2.75, 3.05) is 0 Å². The minimum absolute atomic E-state index is 0.600. The molecule has 0 heterocycles. The van der Waals surface area contributed by atoms with Crippen molar-refractivity contribution in [3.63, 3.8) is 0 Å². The molecule has 0 bridgehead atoms. The van der Waals surface area contributed by atoms with Crippen LogP contribution in [0.5, 0.6) is 0 Å². The minimum Gasteiger partial charge on any atom is -0.0625 e. The second-order valence-corrected chi connectivity index (χ2v) is 8.46. The summed E-state index contributed by atoms with van der Waals surface area (Å²) in [4.78, 5) is 0. The number of benzene rings is 2. The van der Waals surface area contributed by atoms with Gasteiger partial charge in [0.25, 0.3) is 0 Å². The van der Waals surface area contributed by atoms with Crippen LogP contribution in [0.2, 0.25) is 0 Å². The number of hydrogen-bond donors (Lipinski definition) is 0. The summed E-state index contributed by atoms with van der Waals surface area (Å²) >= 11 is 0. The van der Waals surface area contributed by atoms with Gasteiger partial charge in [-0.3, -0.25) is 0 Å². The van der Waals surface area contributed by atoms with Crippen LogP contribution < -0.4 is 0 Å². The Hall–Kier alpha value is -1.82. The van der Waals surface area contributed by atoms with Crippen LogP contribution in [0.15, 0.2) is 48.5 Å². The molecule has 0 spiro atoms. The molecule has 0 radical (unpaired) electrons. The van der Waals surface area contributed by atoms with Crippen LogP contribution in [0, 0.1) is 11.8 Å². The van der Waals surface area contributed by atoms with Gasteiger partial charge in [-0.05, 0) is 70.4 Å². The average Bonchev–Trinajstić information content (AvgIpc) is 3.02. The van der Waals surface area contributed by atoms with Crippen molar-refractivity contribution in [1.82, 2.24) is 0 Å². The first-order valence-electron chi connectivity index (χ1n) is 10.0. The molecule has 0 atom stereocenters. The number of allylic oxidation sites excluding steroid dienone is 2. The molecule has 0 aromatic heterocycles. The largest absolute Gasteiger partial charge is 0.0625 e. The molecule has 0 N–H and O–H groups in total. The first-order chi connectivity index (χ1) is 12.1. The molecule has 1 fully saturated rings. The Bertz CT molecular complexity index is 768. The van der Waals surface area contributed by atoms with Crippen molar-refractivity contribution >= 4 is 11.1 Å². The molecule has 0 aliphatic heterocycles. The Labute approximate surface area is 153 Å². The topological polar surface area (TPSA) is 0 Å². The third-order valence-electron chi connectivity index (χ3n) is 6.35. The van der Waals surface area contributed by atoms with E-state index in [1.807, 2.05) is 0 Å². The van der Waals surface area contributed by atoms with E-state index in [0.29, 0.717) is 5.92 Å². The third kappa shape index (κ3) is 3.19. The lowest BCUT2D eigenvalue weighted by molar-refractivity contribution is 0.338. The van der Waals surface area contributed by atoms with Crippen molar-refractivity contribution in [2.45, 2.75) is 58.8 Å². The maximum atomic E-state index is 2.42. The van der Waals surface area contributed by atoms with E-state index in [9.17, 15) is 0 Å². The Kier molecular flexibility index (Phi) is 4.54. The molecular formula is C25H30. The SMILES string of the molecule is CC1CCC(C2=C(c3ccc(C(C)C)cc3)Cc3ccccc32)CC1. The molecule has 0 nitrogen and oxygen atoms in total. The van der Waals surface area contributed by atoms with Crippen LogP contribution in [0.1, 0.15) is 74.6 Å². The Morgan fingerprint density at radius 3 is 2.20 bits per heavy atom. The Balaban J connectivity index is 1.75. The zero-order valence-corrected chi connectivity index (χ0v) is 15.9. The fourth-order valence-electron chi connectivity index (χ4n) is 4.73. The zero-order valence-electron chi connectivity index (χ0n) is 15.9. The average molecular weight is 331 g/mol. The van der Waals surface area contributed by atoms with Gasteiger partial charge in [-0.2, -0.15) is 0 Å². The third-order valence-corrected chi connectivity index (χ3v) is 6.35. The lowest BCUT2D eigenvalue weighted by atomic mass is 9.76. The minimum atomic E-state index is 0.600. The van der Waals surface area contributed by atoms with E-state index in [0.717, 1.165) is 18.3 Å². The van der Waals surface area contributed by atoms with Gasteiger partial charge < -0.3 is 0 Å². The van der Waals surface area contributed by atoms with Crippen molar-refractivity contribution in [2.24, 2.45) is 11.8 Å². The van der Waals surface area contributed by atoms with Crippen LogP contribution >= 0.6 is 0 Å². The second kappa shape index (κ2) is 6.83. The lowest BCUT2D eigenvalue weighted by Gasteiger charge is -2.29. The quantitative estimate of drug-likeness (QED) is 0.563. The van der Waals surface area contributed by atoms with Crippen LogP contribution in [-0.2, 0) is 6.42 Å². The summed E-state index contributed by atoms with van der Waals surface area (Å²) in [5, 5.41) is 0. The molecule has 0 heteroatoms. The molecule has 130 valence electrons. The molecule has 2 aromatic carbocycles. The molecule has 4 rings (SSSR count). The van der Waals surface area contributed by atoms with Crippen molar-refractivity contribution < 1.29 is 0 Å². The van der Waals surface area contributed by atoms with Gasteiger partial charge in [-0.25, -0.2) is 0 Å². The normalized spacial score (nSPS) is 23.2. The first kappa shape index (κ1) is 16.6. The molecule has 2 aliphatic rings. The maximum absolute atomic E-state index is 2.42. The Morgan fingerprint density at radius 1 is 0.840 bits per heavy atom. The van der Waals surface area contributed by atoms with Crippen molar-refractivity contribution in [1.29, 1.82) is 0 Å². The van der Waals surface area contributed by atoms with Gasteiger partial charge in [0, 0.05) is 0 Å². The summed E-state index contributed by atoms with van der Waals surface area (Å²) in [6, 6.07) is 18.5. The summed E-state index contributed by atoms with van der Waals surface area (Å²) in [5.41, 5.74) is 9.20. The molecule has 1 saturated carbocycles. The van der Waals surface area contributed by atoms with E-state index in [1.165, 1.54) is 47.9 Å². The van der Waals surface area contributed by atoms with E-state index in [1.54, 1.807) is 11.1 Å². The second-order valence-electron chi connectivity index (χ2n) is 8.46. The van der Waals surface area contributed by atoms with Crippen molar-refractivity contribution in [3.05, 3.63) is 70.8 Å². The standard InChI is InChI=1S/C25H30/c1-17(2)19-12-14-20(15-13-19)24-16-22-6-4-5-7-23(22)25(24)21-10-8-18(3)9-11-21/h4-7,12-15,17-18,21H,8-11,16H2,1-3H3. The molecule has 2 aromatic rings. The van der Waals surface area contributed by atoms with E-state index in [4.69, 9.17) is 0 Å². The summed E-state index contributed by atoms with van der Waals surface area (Å²) in [5.74, 6) is 2.25. The van der Waals surface area contributed by atoms with Gasteiger partial charge in [0.15, 0.2) is 0 Å². The van der Waals surface area contributed by atoms with Crippen molar-refractivity contribution in [3.8, 4) is 0 Å². The fourth-order valence-corrected chi connectivity index (χ4v) is 4.73. The van der Waals surface area contributed by atoms with Crippen LogP contribution in [0.25, 0.3) is 11.1 Å². The van der Waals surface area contributed by atoms with Gasteiger partial charge in [-0.15, -0.1) is 0 Å². The number of rotatable bonds is 3. The highest BCUT2D eigenvalue weighted by molar-refractivity contribution is 5.97. The van der Waals surface area contributed by atoms with Gasteiger partial charge in [0.2, 0.25) is 0 Å². The van der Waals surface area contributed by atoms with Gasteiger partial charge in [0.05, 0.1) is 0 Å². The molecular weight excluding hydrogens is 300 g/mol. The van der Waals surface area contributed by atoms with Gasteiger partial charge in [0.1, 0.15) is 0 Å². The summed E-state index contributed by atoms with van der Waals surface area (Å²) < 4.78 is 0. The highest BCUT2D eigenvalue weighted by Crippen LogP contribution is 2.47. The van der Waals surface area contributed by atoms with E-state index < -0.39 is 0 Å². The molecule has 0 unspecified atom stereocenters. The number of fused-ring (bicyclic) bond motifs is 1. The predicted octanol–water partition coefficient (Wildman–Crippen LogP) is 7.10. The van der Waals surface area contributed by atoms with E-state index in [2.05, 4.69) is 69.3 Å². The Morgan fingerprint density at radius 2 is 1.52 bits per heavy atom. The molecule has 0 saturated heterocycles. The maximum Gasteiger partial charge on any atom is -0.00107 e. The van der Waals surface area contributed by atoms with Gasteiger partial charge in [-0.1, -0.05) is 82.1 Å². The smallest absolute Gasteiger partial charge is 0.00107 e. The number of hydrogen-bond acceptors (Lipinski definition) is 0. The fraction of sp³-hybridized carbons (Fsp3) is 0.440. The highest BCUT2D eigenvalue weighted by Gasteiger charge is 2.30. The summed E-state index contributed by atoms with van der Waals surface area (Å²) in [6.07, 6.45) is 6.60. The molecule has 25 heavy (non-hydrogen) atoms.